The van der Waals surface area contributed by atoms with Gasteiger partial charge in [0.25, 0.3) is 0 Å². The zero-order chi connectivity index (χ0) is 10.8. The first-order chi connectivity index (χ1) is 7.20. The van der Waals surface area contributed by atoms with Crippen LogP contribution in [0.3, 0.4) is 0 Å². The SMILES string of the molecule is NCc1ccc(OC2CC2)c([N+](=O)[O-])c1. The summed E-state index contributed by atoms with van der Waals surface area (Å²) in [4.78, 5) is 10.3. The van der Waals surface area contributed by atoms with Crippen molar-refractivity contribution in [2.75, 3.05) is 0 Å². The molecule has 0 radical (unpaired) electrons. The van der Waals surface area contributed by atoms with Crippen molar-refractivity contribution in [1.82, 2.24) is 0 Å². The van der Waals surface area contributed by atoms with Gasteiger partial charge in [-0.05, 0) is 24.5 Å². The average Bonchev–Trinajstić information content (AvgIpc) is 3.02. The quantitative estimate of drug-likeness (QED) is 0.602. The maximum Gasteiger partial charge on any atom is 0.311 e. The summed E-state index contributed by atoms with van der Waals surface area (Å²) in [6, 6.07) is 4.85. The Labute approximate surface area is 87.0 Å². The third-order valence-electron chi connectivity index (χ3n) is 2.27. The van der Waals surface area contributed by atoms with Gasteiger partial charge < -0.3 is 10.5 Å². The first-order valence-corrected chi connectivity index (χ1v) is 4.84. The molecule has 1 fully saturated rings. The third-order valence-corrected chi connectivity index (χ3v) is 2.27. The molecule has 0 heterocycles. The topological polar surface area (TPSA) is 78.4 Å². The van der Waals surface area contributed by atoms with Crippen molar-refractivity contribution < 1.29 is 9.66 Å². The van der Waals surface area contributed by atoms with E-state index in [0.717, 1.165) is 18.4 Å². The Morgan fingerprint density at radius 1 is 1.53 bits per heavy atom. The molecule has 0 bridgehead atoms. The Kier molecular flexibility index (Phi) is 2.55. The van der Waals surface area contributed by atoms with Crippen LogP contribution in [0.4, 0.5) is 5.69 Å². The van der Waals surface area contributed by atoms with E-state index in [-0.39, 0.29) is 11.8 Å². The highest BCUT2D eigenvalue weighted by atomic mass is 16.6. The molecule has 1 aliphatic rings. The molecule has 0 aliphatic heterocycles. The number of hydrogen-bond donors (Lipinski definition) is 1. The molecule has 1 aromatic carbocycles. The van der Waals surface area contributed by atoms with E-state index in [9.17, 15) is 10.1 Å². The second kappa shape index (κ2) is 3.86. The monoisotopic (exact) mass is 208 g/mol. The molecule has 2 N–H and O–H groups in total. The van der Waals surface area contributed by atoms with Crippen LogP contribution >= 0.6 is 0 Å². The zero-order valence-electron chi connectivity index (χ0n) is 8.18. The minimum Gasteiger partial charge on any atom is -0.483 e. The summed E-state index contributed by atoms with van der Waals surface area (Å²) in [5.41, 5.74) is 6.16. The highest BCUT2D eigenvalue weighted by Gasteiger charge is 2.27. The summed E-state index contributed by atoms with van der Waals surface area (Å²) in [7, 11) is 0. The van der Waals surface area contributed by atoms with E-state index >= 15 is 0 Å². The number of nitro benzene ring substituents is 1. The first kappa shape index (κ1) is 9.92. The van der Waals surface area contributed by atoms with Crippen LogP contribution in [-0.2, 0) is 6.54 Å². The minimum absolute atomic E-state index is 0.00449. The molecule has 2 rings (SSSR count). The molecule has 0 spiro atoms. The number of rotatable bonds is 4. The predicted molar refractivity (Wildman–Crippen MR) is 54.6 cm³/mol. The van der Waals surface area contributed by atoms with Crippen molar-refractivity contribution in [1.29, 1.82) is 0 Å². The third kappa shape index (κ3) is 2.24. The normalized spacial score (nSPS) is 15.0. The smallest absolute Gasteiger partial charge is 0.311 e. The summed E-state index contributed by atoms with van der Waals surface area (Å²) in [5.74, 6) is 0.347. The Morgan fingerprint density at radius 2 is 2.27 bits per heavy atom. The molecule has 5 nitrogen and oxygen atoms in total. The van der Waals surface area contributed by atoms with E-state index in [4.69, 9.17) is 10.5 Å². The molecule has 0 aromatic heterocycles. The lowest BCUT2D eigenvalue weighted by molar-refractivity contribution is -0.386. The van der Waals surface area contributed by atoms with Crippen molar-refractivity contribution in [3.8, 4) is 5.75 Å². The maximum atomic E-state index is 10.8. The van der Waals surface area contributed by atoms with Gasteiger partial charge in [0.05, 0.1) is 11.0 Å². The summed E-state index contributed by atoms with van der Waals surface area (Å²) >= 11 is 0. The average molecular weight is 208 g/mol. The number of benzene rings is 1. The molecule has 1 saturated carbocycles. The Bertz CT molecular complexity index is 388. The van der Waals surface area contributed by atoms with E-state index in [0.29, 0.717) is 12.3 Å². The lowest BCUT2D eigenvalue weighted by atomic mass is 10.2. The van der Waals surface area contributed by atoms with Crippen LogP contribution in [0.25, 0.3) is 0 Å². The fraction of sp³-hybridized carbons (Fsp3) is 0.400. The fourth-order valence-electron chi connectivity index (χ4n) is 1.30. The van der Waals surface area contributed by atoms with E-state index in [1.807, 2.05) is 0 Å². The van der Waals surface area contributed by atoms with Gasteiger partial charge in [0.1, 0.15) is 0 Å². The zero-order valence-corrected chi connectivity index (χ0v) is 8.18. The highest BCUT2D eigenvalue weighted by molar-refractivity contribution is 5.48. The van der Waals surface area contributed by atoms with Crippen LogP contribution in [0.5, 0.6) is 5.75 Å². The first-order valence-electron chi connectivity index (χ1n) is 4.84. The Balaban J connectivity index is 2.29. The van der Waals surface area contributed by atoms with E-state index in [2.05, 4.69) is 0 Å². The summed E-state index contributed by atoms with van der Waals surface area (Å²) < 4.78 is 5.43. The highest BCUT2D eigenvalue weighted by Crippen LogP contribution is 2.33. The lowest BCUT2D eigenvalue weighted by Crippen LogP contribution is -2.02. The largest absolute Gasteiger partial charge is 0.483 e. The van der Waals surface area contributed by atoms with Crippen molar-refractivity contribution in [2.24, 2.45) is 5.73 Å². The van der Waals surface area contributed by atoms with E-state index < -0.39 is 4.92 Å². The number of nitrogens with two attached hydrogens (primary N) is 1. The summed E-state index contributed by atoms with van der Waals surface area (Å²) in [5, 5.41) is 10.8. The number of ether oxygens (including phenoxy) is 1. The molecular weight excluding hydrogens is 196 g/mol. The molecule has 0 atom stereocenters. The summed E-state index contributed by atoms with van der Waals surface area (Å²) in [6.07, 6.45) is 2.12. The van der Waals surface area contributed by atoms with E-state index in [1.165, 1.54) is 6.07 Å². The van der Waals surface area contributed by atoms with Gasteiger partial charge in [0, 0.05) is 12.6 Å². The minimum atomic E-state index is -0.434. The van der Waals surface area contributed by atoms with Crippen molar-refractivity contribution >= 4 is 5.69 Å². The van der Waals surface area contributed by atoms with Crippen molar-refractivity contribution in [2.45, 2.75) is 25.5 Å². The predicted octanol–water partition coefficient (Wildman–Crippen LogP) is 1.59. The summed E-state index contributed by atoms with van der Waals surface area (Å²) in [6.45, 7) is 0.296. The van der Waals surface area contributed by atoms with Gasteiger partial charge >= 0.3 is 5.69 Å². The van der Waals surface area contributed by atoms with Crippen LogP contribution in [0, 0.1) is 10.1 Å². The molecular formula is C10H12N2O3. The molecule has 1 aliphatic carbocycles. The van der Waals surface area contributed by atoms with Gasteiger partial charge in [-0.25, -0.2) is 0 Å². The molecule has 0 amide bonds. The number of nitrogens with zero attached hydrogens (tertiary/aromatic N) is 1. The molecule has 0 unspecified atom stereocenters. The van der Waals surface area contributed by atoms with Crippen molar-refractivity contribution in [3.05, 3.63) is 33.9 Å². The molecule has 15 heavy (non-hydrogen) atoms. The maximum absolute atomic E-state index is 10.8. The van der Waals surface area contributed by atoms with Gasteiger partial charge in [-0.15, -0.1) is 0 Å². The van der Waals surface area contributed by atoms with Gasteiger partial charge in [-0.3, -0.25) is 10.1 Å². The van der Waals surface area contributed by atoms with Crippen LogP contribution < -0.4 is 10.5 Å². The second-order valence-electron chi connectivity index (χ2n) is 3.58. The number of hydrogen-bond acceptors (Lipinski definition) is 4. The van der Waals surface area contributed by atoms with Gasteiger partial charge in [-0.2, -0.15) is 0 Å². The fourth-order valence-corrected chi connectivity index (χ4v) is 1.30. The standard InChI is InChI=1S/C10H12N2O3/c11-6-7-1-4-10(15-8-2-3-8)9(5-7)12(13)14/h1,4-5,8H,2-3,6,11H2. The second-order valence-corrected chi connectivity index (χ2v) is 3.58. The number of nitro groups is 1. The van der Waals surface area contributed by atoms with Gasteiger partial charge in [0.15, 0.2) is 5.75 Å². The van der Waals surface area contributed by atoms with Crippen LogP contribution in [0.15, 0.2) is 18.2 Å². The molecule has 5 heteroatoms. The Hall–Kier alpha value is -1.62. The van der Waals surface area contributed by atoms with Crippen LogP contribution in [0.1, 0.15) is 18.4 Å². The Morgan fingerprint density at radius 3 is 2.80 bits per heavy atom. The van der Waals surface area contributed by atoms with Crippen molar-refractivity contribution in [3.63, 3.8) is 0 Å². The lowest BCUT2D eigenvalue weighted by Gasteiger charge is -2.06. The molecule has 1 aromatic rings. The van der Waals surface area contributed by atoms with Crippen LogP contribution in [-0.4, -0.2) is 11.0 Å². The van der Waals surface area contributed by atoms with Crippen LogP contribution in [0.2, 0.25) is 0 Å². The molecule has 0 saturated heterocycles. The molecule has 80 valence electrons. The van der Waals surface area contributed by atoms with Gasteiger partial charge in [0.2, 0.25) is 0 Å². The van der Waals surface area contributed by atoms with E-state index in [1.54, 1.807) is 12.1 Å². The van der Waals surface area contributed by atoms with Gasteiger partial charge in [-0.1, -0.05) is 6.07 Å².